The molecule has 0 unspecified atom stereocenters. The van der Waals surface area contributed by atoms with Crippen LogP contribution >= 0.6 is 0 Å². The lowest BCUT2D eigenvalue weighted by molar-refractivity contribution is -0.118. The molecule has 0 spiro atoms. The van der Waals surface area contributed by atoms with Gasteiger partial charge in [-0.2, -0.15) is 5.10 Å². The van der Waals surface area contributed by atoms with Gasteiger partial charge in [0.1, 0.15) is 17.5 Å². The zero-order valence-corrected chi connectivity index (χ0v) is 18.9. The summed E-state index contributed by atoms with van der Waals surface area (Å²) >= 11 is 0. The van der Waals surface area contributed by atoms with Crippen molar-refractivity contribution in [3.63, 3.8) is 0 Å². The quantitative estimate of drug-likeness (QED) is 0.285. The van der Waals surface area contributed by atoms with Crippen LogP contribution in [0.5, 0.6) is 0 Å². The van der Waals surface area contributed by atoms with Crippen molar-refractivity contribution in [2.75, 3.05) is 17.7 Å². The first-order valence-corrected chi connectivity index (χ1v) is 10.9. The SMILES string of the molecule is CCn1nc(-c2ccnc(NC)c2)cc1NC(=O)[C@H](Cc1ccc(F)cc1)NCc1c[nH]nn1. The summed E-state index contributed by atoms with van der Waals surface area (Å²) in [5.74, 6) is 0.750. The van der Waals surface area contributed by atoms with Gasteiger partial charge in [0.2, 0.25) is 5.91 Å². The lowest BCUT2D eigenvalue weighted by Gasteiger charge is -2.18. The zero-order chi connectivity index (χ0) is 23.9. The number of aromatic amines is 1. The standard InChI is InChI=1S/C23H26FN9O/c1-3-33-22(12-19(31-33)16-8-9-26-21(11-16)25-2)29-23(34)20(27-13-18-14-28-32-30-18)10-15-4-6-17(24)7-5-15/h4-9,11-12,14,20,27H,3,10,13H2,1-2H3,(H,25,26)(H,29,34)(H,28,30,32)/t20-/m0/s1. The maximum absolute atomic E-state index is 13.3. The van der Waals surface area contributed by atoms with E-state index in [0.717, 1.165) is 22.6 Å². The molecule has 34 heavy (non-hydrogen) atoms. The Morgan fingerprint density at radius 1 is 1.21 bits per heavy atom. The van der Waals surface area contributed by atoms with Crippen molar-refractivity contribution in [3.05, 3.63) is 71.9 Å². The van der Waals surface area contributed by atoms with Crippen LogP contribution < -0.4 is 16.0 Å². The molecule has 0 bridgehead atoms. The maximum Gasteiger partial charge on any atom is 0.243 e. The molecule has 1 aromatic carbocycles. The van der Waals surface area contributed by atoms with Crippen LogP contribution in [0.1, 0.15) is 18.2 Å². The van der Waals surface area contributed by atoms with Gasteiger partial charge in [-0.1, -0.05) is 17.3 Å². The zero-order valence-electron chi connectivity index (χ0n) is 18.9. The van der Waals surface area contributed by atoms with Crippen molar-refractivity contribution in [1.29, 1.82) is 0 Å². The molecule has 0 aliphatic carbocycles. The Labute approximate surface area is 196 Å². The number of benzene rings is 1. The van der Waals surface area contributed by atoms with Crippen molar-refractivity contribution in [3.8, 4) is 11.3 Å². The molecule has 0 aliphatic heterocycles. The number of halogens is 1. The van der Waals surface area contributed by atoms with E-state index < -0.39 is 6.04 Å². The smallest absolute Gasteiger partial charge is 0.243 e. The molecular formula is C23H26FN9O. The number of nitrogens with one attached hydrogen (secondary N) is 4. The van der Waals surface area contributed by atoms with Gasteiger partial charge in [-0.25, -0.2) is 14.1 Å². The highest BCUT2D eigenvalue weighted by Crippen LogP contribution is 2.24. The number of anilines is 2. The molecule has 176 valence electrons. The fraction of sp³-hybridized carbons (Fsp3) is 0.261. The van der Waals surface area contributed by atoms with Crippen LogP contribution in [0.2, 0.25) is 0 Å². The van der Waals surface area contributed by atoms with Crippen LogP contribution in [0.15, 0.2) is 54.9 Å². The summed E-state index contributed by atoms with van der Waals surface area (Å²) in [7, 11) is 1.80. The van der Waals surface area contributed by atoms with Gasteiger partial charge >= 0.3 is 0 Å². The minimum Gasteiger partial charge on any atom is -0.373 e. The third kappa shape index (κ3) is 5.62. The number of aromatic nitrogens is 6. The van der Waals surface area contributed by atoms with Crippen molar-refractivity contribution in [1.82, 2.24) is 35.5 Å². The van der Waals surface area contributed by atoms with Gasteiger partial charge in [0.15, 0.2) is 0 Å². The second kappa shape index (κ2) is 10.7. The summed E-state index contributed by atoms with van der Waals surface area (Å²) in [4.78, 5) is 17.5. The van der Waals surface area contributed by atoms with E-state index in [-0.39, 0.29) is 11.7 Å². The summed E-state index contributed by atoms with van der Waals surface area (Å²) < 4.78 is 15.1. The predicted molar refractivity (Wildman–Crippen MR) is 126 cm³/mol. The molecule has 4 N–H and O–H groups in total. The second-order valence-corrected chi connectivity index (χ2v) is 7.63. The molecule has 4 aromatic rings. The molecule has 11 heteroatoms. The molecule has 10 nitrogen and oxygen atoms in total. The summed E-state index contributed by atoms with van der Waals surface area (Å²) in [5, 5.41) is 24.2. The molecule has 1 atom stereocenters. The van der Waals surface area contributed by atoms with Crippen molar-refractivity contribution >= 4 is 17.5 Å². The van der Waals surface area contributed by atoms with Crippen LogP contribution in [-0.4, -0.2) is 49.2 Å². The molecule has 3 heterocycles. The number of carbonyl (C=O) groups excluding carboxylic acids is 1. The average molecular weight is 464 g/mol. The first-order valence-electron chi connectivity index (χ1n) is 10.9. The molecule has 0 saturated carbocycles. The first-order chi connectivity index (χ1) is 16.6. The van der Waals surface area contributed by atoms with Gasteiger partial charge in [0.05, 0.1) is 17.4 Å². The van der Waals surface area contributed by atoms with Gasteiger partial charge in [0.25, 0.3) is 0 Å². The van der Waals surface area contributed by atoms with Crippen LogP contribution in [0.25, 0.3) is 11.3 Å². The molecule has 0 fully saturated rings. The second-order valence-electron chi connectivity index (χ2n) is 7.63. The lowest BCUT2D eigenvalue weighted by atomic mass is 10.0. The summed E-state index contributed by atoms with van der Waals surface area (Å²) in [6, 6.07) is 11.1. The highest BCUT2D eigenvalue weighted by molar-refractivity contribution is 5.94. The highest BCUT2D eigenvalue weighted by Gasteiger charge is 2.21. The van der Waals surface area contributed by atoms with E-state index in [1.54, 1.807) is 36.3 Å². The Hall–Kier alpha value is -4.12. The van der Waals surface area contributed by atoms with Crippen molar-refractivity contribution < 1.29 is 9.18 Å². The lowest BCUT2D eigenvalue weighted by Crippen LogP contribution is -2.42. The minimum absolute atomic E-state index is 0.236. The molecular weight excluding hydrogens is 437 g/mol. The number of nitrogens with zero attached hydrogens (tertiary/aromatic N) is 5. The third-order valence-corrected chi connectivity index (χ3v) is 5.31. The molecule has 0 aliphatic rings. The van der Waals surface area contributed by atoms with Crippen LogP contribution in [0.3, 0.4) is 0 Å². The van der Waals surface area contributed by atoms with Crippen molar-refractivity contribution in [2.24, 2.45) is 0 Å². The Morgan fingerprint density at radius 3 is 2.74 bits per heavy atom. The van der Waals surface area contributed by atoms with E-state index in [4.69, 9.17) is 0 Å². The molecule has 0 saturated heterocycles. The van der Waals surface area contributed by atoms with E-state index in [1.165, 1.54) is 12.1 Å². The van der Waals surface area contributed by atoms with Crippen LogP contribution in [0, 0.1) is 5.82 Å². The topological polar surface area (TPSA) is 125 Å². The third-order valence-electron chi connectivity index (χ3n) is 5.31. The maximum atomic E-state index is 13.3. The number of carbonyl (C=O) groups is 1. The molecule has 1 amide bonds. The number of hydrogen-bond donors (Lipinski definition) is 4. The van der Waals surface area contributed by atoms with Gasteiger partial charge in [-0.05, 0) is 43.2 Å². The highest BCUT2D eigenvalue weighted by atomic mass is 19.1. The minimum atomic E-state index is -0.595. The van der Waals surface area contributed by atoms with Crippen LogP contribution in [0.4, 0.5) is 16.0 Å². The van der Waals surface area contributed by atoms with E-state index in [9.17, 15) is 9.18 Å². The Bertz CT molecular complexity index is 1220. The number of H-pyrrole nitrogens is 1. The van der Waals surface area contributed by atoms with Crippen molar-refractivity contribution in [2.45, 2.75) is 32.5 Å². The monoisotopic (exact) mass is 463 g/mol. The molecule has 3 aromatic heterocycles. The van der Waals surface area contributed by atoms with Gasteiger partial charge in [-0.15, -0.1) is 5.10 Å². The summed E-state index contributed by atoms with van der Waals surface area (Å²) in [6.45, 7) is 2.88. The average Bonchev–Trinajstić information content (AvgIpc) is 3.53. The normalized spacial score (nSPS) is 11.9. The Kier molecular flexibility index (Phi) is 7.23. The fourth-order valence-electron chi connectivity index (χ4n) is 3.49. The Morgan fingerprint density at radius 2 is 2.03 bits per heavy atom. The largest absolute Gasteiger partial charge is 0.373 e. The fourth-order valence-corrected chi connectivity index (χ4v) is 3.49. The first kappa shape index (κ1) is 23.1. The number of rotatable bonds is 10. The van der Waals surface area contributed by atoms with E-state index >= 15 is 0 Å². The van der Waals surface area contributed by atoms with E-state index in [1.807, 2.05) is 25.1 Å². The van der Waals surface area contributed by atoms with E-state index in [2.05, 4.69) is 41.4 Å². The molecule has 0 radical (unpaired) electrons. The number of pyridine rings is 1. The summed E-state index contributed by atoms with van der Waals surface area (Å²) in [6.07, 6.45) is 3.73. The van der Waals surface area contributed by atoms with Gasteiger partial charge in [-0.3, -0.25) is 15.2 Å². The number of hydrogen-bond acceptors (Lipinski definition) is 7. The number of aryl methyl sites for hydroxylation is 1. The summed E-state index contributed by atoms with van der Waals surface area (Å²) in [5.41, 5.74) is 3.11. The predicted octanol–water partition coefficient (Wildman–Crippen LogP) is 2.60. The van der Waals surface area contributed by atoms with Gasteiger partial charge < -0.3 is 10.6 Å². The molecule has 4 rings (SSSR count). The Balaban J connectivity index is 1.54. The van der Waals surface area contributed by atoms with Gasteiger partial charge in [0, 0.05) is 44.2 Å². The van der Waals surface area contributed by atoms with E-state index in [0.29, 0.717) is 31.0 Å². The number of amides is 1. The van der Waals surface area contributed by atoms with Crippen LogP contribution in [-0.2, 0) is 24.3 Å².